The van der Waals surface area contributed by atoms with Crippen LogP contribution in [0.15, 0.2) is 10.5 Å². The van der Waals surface area contributed by atoms with Crippen LogP contribution in [0.2, 0.25) is 0 Å². The third-order valence-corrected chi connectivity index (χ3v) is 3.57. The molecule has 4 nitrogen and oxygen atoms in total. The Kier molecular flexibility index (Phi) is 4.20. The highest BCUT2D eigenvalue weighted by molar-refractivity contribution is 5.24. The highest BCUT2D eigenvalue weighted by Gasteiger charge is 2.22. The SMILES string of the molecule is Cc1cc(C(CC2CCOCC2)NN)c(C)o1. The molecule has 0 spiro atoms. The highest BCUT2D eigenvalue weighted by atomic mass is 16.5. The number of hydrogen-bond donors (Lipinski definition) is 2. The predicted molar refractivity (Wildman–Crippen MR) is 66.4 cm³/mol. The van der Waals surface area contributed by atoms with E-state index in [4.69, 9.17) is 15.0 Å². The minimum Gasteiger partial charge on any atom is -0.466 e. The Morgan fingerprint density at radius 1 is 1.41 bits per heavy atom. The summed E-state index contributed by atoms with van der Waals surface area (Å²) in [7, 11) is 0. The number of ether oxygens (including phenoxy) is 1. The lowest BCUT2D eigenvalue weighted by atomic mass is 9.90. The number of nitrogens with two attached hydrogens (primary N) is 1. The molecule has 3 N–H and O–H groups in total. The number of hydrogen-bond acceptors (Lipinski definition) is 4. The fraction of sp³-hybridized carbons (Fsp3) is 0.692. The van der Waals surface area contributed by atoms with Gasteiger partial charge < -0.3 is 9.15 Å². The molecule has 0 radical (unpaired) electrons. The molecule has 0 amide bonds. The third-order valence-electron chi connectivity index (χ3n) is 3.57. The largest absolute Gasteiger partial charge is 0.466 e. The van der Waals surface area contributed by atoms with Crippen molar-refractivity contribution < 1.29 is 9.15 Å². The summed E-state index contributed by atoms with van der Waals surface area (Å²) in [5.74, 6) is 8.29. The van der Waals surface area contributed by atoms with Crippen LogP contribution in [-0.4, -0.2) is 13.2 Å². The smallest absolute Gasteiger partial charge is 0.105 e. The fourth-order valence-corrected chi connectivity index (χ4v) is 2.60. The second-order valence-corrected chi connectivity index (χ2v) is 4.88. The van der Waals surface area contributed by atoms with Gasteiger partial charge in [-0.05, 0) is 45.1 Å². The molecule has 1 unspecified atom stereocenters. The van der Waals surface area contributed by atoms with E-state index in [-0.39, 0.29) is 6.04 Å². The van der Waals surface area contributed by atoms with Crippen molar-refractivity contribution in [3.05, 3.63) is 23.2 Å². The summed E-state index contributed by atoms with van der Waals surface area (Å²) in [5, 5.41) is 0. The van der Waals surface area contributed by atoms with Crippen LogP contribution in [0.3, 0.4) is 0 Å². The maximum atomic E-state index is 5.68. The molecule has 1 aromatic heterocycles. The summed E-state index contributed by atoms with van der Waals surface area (Å²) in [6.07, 6.45) is 3.32. The summed E-state index contributed by atoms with van der Waals surface area (Å²) in [5.41, 5.74) is 4.11. The van der Waals surface area contributed by atoms with Crippen molar-refractivity contribution in [3.8, 4) is 0 Å². The van der Waals surface area contributed by atoms with Gasteiger partial charge in [0.25, 0.3) is 0 Å². The maximum Gasteiger partial charge on any atom is 0.105 e. The molecule has 2 rings (SSSR count). The molecule has 1 atom stereocenters. The Balaban J connectivity index is 2.02. The van der Waals surface area contributed by atoms with E-state index in [1.54, 1.807) is 0 Å². The molecule has 17 heavy (non-hydrogen) atoms. The van der Waals surface area contributed by atoms with Crippen molar-refractivity contribution >= 4 is 0 Å². The lowest BCUT2D eigenvalue weighted by molar-refractivity contribution is 0.0604. The molecule has 0 aromatic carbocycles. The molecule has 1 saturated heterocycles. The van der Waals surface area contributed by atoms with Crippen LogP contribution in [0.4, 0.5) is 0 Å². The molecule has 1 aliphatic heterocycles. The summed E-state index contributed by atoms with van der Waals surface area (Å²) < 4.78 is 10.9. The topological polar surface area (TPSA) is 60.4 Å². The first-order chi connectivity index (χ1) is 8.20. The first-order valence-electron chi connectivity index (χ1n) is 6.31. The van der Waals surface area contributed by atoms with E-state index in [9.17, 15) is 0 Å². The first kappa shape index (κ1) is 12.6. The number of aryl methyl sites for hydroxylation is 2. The number of nitrogens with one attached hydrogen (secondary N) is 1. The van der Waals surface area contributed by atoms with Gasteiger partial charge in [0.2, 0.25) is 0 Å². The molecule has 1 fully saturated rings. The number of hydrazine groups is 1. The first-order valence-corrected chi connectivity index (χ1v) is 6.31. The Hall–Kier alpha value is -0.840. The molecule has 2 heterocycles. The quantitative estimate of drug-likeness (QED) is 0.623. The summed E-state index contributed by atoms with van der Waals surface area (Å²) in [4.78, 5) is 0. The average molecular weight is 238 g/mol. The zero-order valence-electron chi connectivity index (χ0n) is 10.7. The second kappa shape index (κ2) is 5.67. The van der Waals surface area contributed by atoms with Crippen LogP contribution in [-0.2, 0) is 4.74 Å². The minimum absolute atomic E-state index is 0.190. The van der Waals surface area contributed by atoms with E-state index in [0.717, 1.165) is 44.0 Å². The van der Waals surface area contributed by atoms with Crippen LogP contribution in [0, 0.1) is 19.8 Å². The molecule has 1 aliphatic rings. The maximum absolute atomic E-state index is 5.68. The molecular formula is C13H22N2O2. The minimum atomic E-state index is 0.190. The van der Waals surface area contributed by atoms with Gasteiger partial charge in [0.05, 0.1) is 0 Å². The van der Waals surface area contributed by atoms with Gasteiger partial charge in [0.1, 0.15) is 11.5 Å². The molecule has 1 aromatic rings. The van der Waals surface area contributed by atoms with Crippen molar-refractivity contribution in [1.29, 1.82) is 0 Å². The Morgan fingerprint density at radius 3 is 2.65 bits per heavy atom. The molecule has 96 valence electrons. The standard InChI is InChI=1S/C13H22N2O2/c1-9-7-12(10(2)17-9)13(15-14)8-11-3-5-16-6-4-11/h7,11,13,15H,3-6,8,14H2,1-2H3. The van der Waals surface area contributed by atoms with Gasteiger partial charge in [-0.15, -0.1) is 0 Å². The van der Waals surface area contributed by atoms with E-state index in [2.05, 4.69) is 11.5 Å². The Morgan fingerprint density at radius 2 is 2.12 bits per heavy atom. The van der Waals surface area contributed by atoms with Gasteiger partial charge in [0, 0.05) is 24.8 Å². The Labute approximate surface area is 102 Å². The van der Waals surface area contributed by atoms with Crippen LogP contribution in [0.1, 0.15) is 42.4 Å². The van der Waals surface area contributed by atoms with Gasteiger partial charge in [-0.2, -0.15) is 0 Å². The molecule has 0 bridgehead atoms. The van der Waals surface area contributed by atoms with Crippen molar-refractivity contribution in [2.24, 2.45) is 11.8 Å². The molecule has 0 saturated carbocycles. The lowest BCUT2D eigenvalue weighted by Crippen LogP contribution is -2.31. The van der Waals surface area contributed by atoms with Gasteiger partial charge in [0.15, 0.2) is 0 Å². The van der Waals surface area contributed by atoms with Crippen LogP contribution >= 0.6 is 0 Å². The normalized spacial score (nSPS) is 19.5. The van der Waals surface area contributed by atoms with Crippen LogP contribution in [0.5, 0.6) is 0 Å². The number of furan rings is 1. The van der Waals surface area contributed by atoms with Crippen molar-refractivity contribution in [1.82, 2.24) is 5.43 Å². The number of rotatable bonds is 4. The summed E-state index contributed by atoms with van der Waals surface area (Å²) in [6.45, 7) is 5.73. The van der Waals surface area contributed by atoms with E-state index in [1.165, 1.54) is 5.56 Å². The molecular weight excluding hydrogens is 216 g/mol. The van der Waals surface area contributed by atoms with E-state index in [1.807, 2.05) is 13.8 Å². The highest BCUT2D eigenvalue weighted by Crippen LogP contribution is 2.30. The van der Waals surface area contributed by atoms with Crippen molar-refractivity contribution in [3.63, 3.8) is 0 Å². The zero-order valence-corrected chi connectivity index (χ0v) is 10.7. The van der Waals surface area contributed by atoms with Gasteiger partial charge in [-0.3, -0.25) is 11.3 Å². The van der Waals surface area contributed by atoms with Gasteiger partial charge >= 0.3 is 0 Å². The van der Waals surface area contributed by atoms with E-state index >= 15 is 0 Å². The lowest BCUT2D eigenvalue weighted by Gasteiger charge is -2.26. The third kappa shape index (κ3) is 3.09. The zero-order chi connectivity index (χ0) is 12.3. The predicted octanol–water partition coefficient (Wildman–Crippen LogP) is 2.22. The van der Waals surface area contributed by atoms with Crippen molar-refractivity contribution in [2.45, 2.75) is 39.2 Å². The summed E-state index contributed by atoms with van der Waals surface area (Å²) >= 11 is 0. The van der Waals surface area contributed by atoms with E-state index < -0.39 is 0 Å². The average Bonchev–Trinajstić information content (AvgIpc) is 2.67. The van der Waals surface area contributed by atoms with Crippen LogP contribution < -0.4 is 11.3 Å². The molecule has 4 heteroatoms. The summed E-state index contributed by atoms with van der Waals surface area (Å²) in [6, 6.07) is 2.27. The fourth-order valence-electron chi connectivity index (χ4n) is 2.60. The Bertz CT molecular complexity index is 356. The van der Waals surface area contributed by atoms with E-state index in [0.29, 0.717) is 5.92 Å². The monoisotopic (exact) mass is 238 g/mol. The van der Waals surface area contributed by atoms with Crippen LogP contribution in [0.25, 0.3) is 0 Å². The van der Waals surface area contributed by atoms with Crippen molar-refractivity contribution in [2.75, 3.05) is 13.2 Å². The van der Waals surface area contributed by atoms with Gasteiger partial charge in [-0.25, -0.2) is 0 Å². The van der Waals surface area contributed by atoms with Gasteiger partial charge in [-0.1, -0.05) is 0 Å². The second-order valence-electron chi connectivity index (χ2n) is 4.88. The molecule has 0 aliphatic carbocycles.